The lowest BCUT2D eigenvalue weighted by atomic mass is 10.0. The smallest absolute Gasteiger partial charge is 0.336 e. The normalized spacial score (nSPS) is 10.6. The molecule has 0 fully saturated rings. The van der Waals surface area contributed by atoms with Crippen molar-refractivity contribution in [3.05, 3.63) is 125 Å². The van der Waals surface area contributed by atoms with E-state index in [1.807, 2.05) is 84.9 Å². The number of aromatic carboxylic acids is 1. The van der Waals surface area contributed by atoms with Gasteiger partial charge in [0.05, 0.1) is 5.56 Å². The van der Waals surface area contributed by atoms with Crippen molar-refractivity contribution in [1.29, 1.82) is 0 Å². The van der Waals surface area contributed by atoms with Gasteiger partial charge in [0.15, 0.2) is 5.82 Å². The van der Waals surface area contributed by atoms with Gasteiger partial charge < -0.3 is 14.7 Å². The van der Waals surface area contributed by atoms with Crippen LogP contribution in [-0.4, -0.2) is 42.5 Å². The number of carboxylic acid groups (broad SMARTS) is 1. The zero-order valence-electron chi connectivity index (χ0n) is 20.2. The molecule has 0 aliphatic rings. The van der Waals surface area contributed by atoms with Crippen molar-refractivity contribution >= 4 is 11.9 Å². The molecular weight excluding hydrogens is 482 g/mol. The van der Waals surface area contributed by atoms with Crippen LogP contribution in [0.3, 0.4) is 0 Å². The number of aromatic amines is 1. The molecule has 5 rings (SSSR count). The molecule has 9 nitrogen and oxygen atoms in total. The van der Waals surface area contributed by atoms with E-state index >= 15 is 0 Å². The number of nitrogens with zero attached hydrogens (tertiary/aromatic N) is 4. The van der Waals surface area contributed by atoms with E-state index in [4.69, 9.17) is 4.74 Å². The summed E-state index contributed by atoms with van der Waals surface area (Å²) in [5.41, 5.74) is 2.42. The molecule has 0 atom stereocenters. The number of rotatable bonds is 9. The van der Waals surface area contributed by atoms with Crippen molar-refractivity contribution < 1.29 is 19.4 Å². The second-order valence-corrected chi connectivity index (χ2v) is 8.52. The highest BCUT2D eigenvalue weighted by Gasteiger charge is 2.21. The van der Waals surface area contributed by atoms with Crippen LogP contribution in [-0.2, 0) is 13.1 Å². The molecule has 1 amide bonds. The number of H-pyrrole nitrogens is 1. The molecule has 0 saturated heterocycles. The standard InChI is InChI=1S/C29H23N5O4/c35-28(22-13-16-25(29(36)37)26(17-22)27-30-32-33-31-27)34(18-20-7-3-1-4-8-20)19-21-11-14-24(15-12-21)38-23-9-5-2-6-10-23/h1-17H,18-19H2,(H,36,37)(H,30,31,32,33). The lowest BCUT2D eigenvalue weighted by molar-refractivity contribution is 0.0693. The van der Waals surface area contributed by atoms with Gasteiger partial charge in [-0.25, -0.2) is 9.89 Å². The summed E-state index contributed by atoms with van der Waals surface area (Å²) >= 11 is 0. The average molecular weight is 506 g/mol. The summed E-state index contributed by atoms with van der Waals surface area (Å²) in [4.78, 5) is 27.2. The second kappa shape index (κ2) is 11.2. The zero-order valence-corrected chi connectivity index (χ0v) is 20.2. The van der Waals surface area contributed by atoms with Crippen molar-refractivity contribution in [2.45, 2.75) is 13.1 Å². The average Bonchev–Trinajstić information content (AvgIpc) is 3.49. The van der Waals surface area contributed by atoms with Crippen molar-refractivity contribution in [3.8, 4) is 22.9 Å². The first-order valence-electron chi connectivity index (χ1n) is 11.8. The number of para-hydroxylation sites is 1. The van der Waals surface area contributed by atoms with Gasteiger partial charge >= 0.3 is 5.97 Å². The molecule has 0 aliphatic carbocycles. The monoisotopic (exact) mass is 505 g/mol. The summed E-state index contributed by atoms with van der Waals surface area (Å²) in [5, 5.41) is 23.1. The Balaban J connectivity index is 1.42. The van der Waals surface area contributed by atoms with E-state index in [2.05, 4.69) is 20.6 Å². The number of carboxylic acids is 1. The van der Waals surface area contributed by atoms with Gasteiger partial charge in [-0.15, -0.1) is 5.10 Å². The molecule has 4 aromatic carbocycles. The quantitative estimate of drug-likeness (QED) is 0.282. The highest BCUT2D eigenvalue weighted by Crippen LogP contribution is 2.25. The molecule has 1 heterocycles. The van der Waals surface area contributed by atoms with Gasteiger partial charge in [-0.05, 0) is 64.0 Å². The fourth-order valence-electron chi connectivity index (χ4n) is 4.03. The van der Waals surface area contributed by atoms with Crippen molar-refractivity contribution in [1.82, 2.24) is 25.5 Å². The van der Waals surface area contributed by atoms with Crippen LogP contribution in [0.2, 0.25) is 0 Å². The van der Waals surface area contributed by atoms with Crippen molar-refractivity contribution in [3.63, 3.8) is 0 Å². The molecule has 0 spiro atoms. The minimum atomic E-state index is -1.14. The zero-order chi connectivity index (χ0) is 26.3. The maximum Gasteiger partial charge on any atom is 0.336 e. The van der Waals surface area contributed by atoms with Crippen LogP contribution in [0.25, 0.3) is 11.4 Å². The summed E-state index contributed by atoms with van der Waals surface area (Å²) in [6.45, 7) is 0.695. The highest BCUT2D eigenvalue weighted by molar-refractivity contribution is 6.00. The van der Waals surface area contributed by atoms with E-state index in [-0.39, 0.29) is 22.9 Å². The predicted octanol–water partition coefficient (Wildman–Crippen LogP) is 5.20. The number of tetrazole rings is 1. The van der Waals surface area contributed by atoms with Gasteiger partial charge in [0.1, 0.15) is 11.5 Å². The van der Waals surface area contributed by atoms with Crippen LogP contribution in [0.4, 0.5) is 0 Å². The number of carbonyl (C=O) groups excluding carboxylic acids is 1. The Morgan fingerprint density at radius 1 is 0.789 bits per heavy atom. The number of hydrogen-bond donors (Lipinski definition) is 2. The largest absolute Gasteiger partial charge is 0.478 e. The van der Waals surface area contributed by atoms with E-state index in [1.165, 1.54) is 18.2 Å². The van der Waals surface area contributed by atoms with Crippen molar-refractivity contribution in [2.24, 2.45) is 0 Å². The number of hydrogen-bond acceptors (Lipinski definition) is 6. The molecule has 1 aromatic heterocycles. The molecule has 188 valence electrons. The molecule has 0 unspecified atom stereocenters. The van der Waals surface area contributed by atoms with Crippen LogP contribution >= 0.6 is 0 Å². The Kier molecular flexibility index (Phi) is 7.17. The number of aromatic nitrogens is 4. The van der Waals surface area contributed by atoms with E-state index in [0.29, 0.717) is 24.4 Å². The van der Waals surface area contributed by atoms with E-state index in [0.717, 1.165) is 16.9 Å². The third kappa shape index (κ3) is 5.73. The number of amides is 1. The Labute approximate surface area is 218 Å². The van der Waals surface area contributed by atoms with Crippen LogP contribution in [0.5, 0.6) is 11.5 Å². The first kappa shape index (κ1) is 24.4. The Hall–Kier alpha value is -5.31. The molecule has 2 N–H and O–H groups in total. The topological polar surface area (TPSA) is 121 Å². The molecule has 0 aliphatic heterocycles. The Morgan fingerprint density at radius 3 is 2.05 bits per heavy atom. The van der Waals surface area contributed by atoms with Crippen LogP contribution in [0.1, 0.15) is 31.8 Å². The van der Waals surface area contributed by atoms with E-state index in [1.54, 1.807) is 4.90 Å². The molecule has 0 saturated carbocycles. The summed E-state index contributed by atoms with van der Waals surface area (Å²) in [7, 11) is 0. The summed E-state index contributed by atoms with van der Waals surface area (Å²) in [6, 6.07) is 31.1. The first-order chi connectivity index (χ1) is 18.6. The molecule has 5 aromatic rings. The van der Waals surface area contributed by atoms with E-state index in [9.17, 15) is 14.7 Å². The van der Waals surface area contributed by atoms with Crippen LogP contribution in [0.15, 0.2) is 103 Å². The number of nitrogens with one attached hydrogen (secondary N) is 1. The van der Waals surface area contributed by atoms with Crippen LogP contribution in [0, 0.1) is 0 Å². The third-order valence-corrected chi connectivity index (χ3v) is 5.88. The number of ether oxygens (including phenoxy) is 1. The Morgan fingerprint density at radius 2 is 1.42 bits per heavy atom. The molecule has 9 heteroatoms. The Bertz CT molecular complexity index is 1520. The van der Waals surface area contributed by atoms with Gasteiger partial charge in [0.25, 0.3) is 5.91 Å². The van der Waals surface area contributed by atoms with Gasteiger partial charge in [0, 0.05) is 24.2 Å². The third-order valence-electron chi connectivity index (χ3n) is 5.88. The fourth-order valence-corrected chi connectivity index (χ4v) is 4.03. The molecule has 0 radical (unpaired) electrons. The molecular formula is C29H23N5O4. The lowest BCUT2D eigenvalue weighted by Crippen LogP contribution is -2.30. The highest BCUT2D eigenvalue weighted by atomic mass is 16.5. The van der Waals surface area contributed by atoms with Gasteiger partial charge in [-0.1, -0.05) is 60.7 Å². The minimum absolute atomic E-state index is 0.0104. The first-order valence-corrected chi connectivity index (χ1v) is 11.8. The van der Waals surface area contributed by atoms with Crippen LogP contribution < -0.4 is 4.74 Å². The number of carbonyl (C=O) groups is 2. The molecule has 0 bridgehead atoms. The lowest BCUT2D eigenvalue weighted by Gasteiger charge is -2.24. The maximum atomic E-state index is 13.8. The molecule has 38 heavy (non-hydrogen) atoms. The second-order valence-electron chi connectivity index (χ2n) is 8.52. The predicted molar refractivity (Wildman–Crippen MR) is 140 cm³/mol. The summed E-state index contributed by atoms with van der Waals surface area (Å²) < 4.78 is 5.88. The van der Waals surface area contributed by atoms with E-state index < -0.39 is 5.97 Å². The van der Waals surface area contributed by atoms with Gasteiger partial charge in [0.2, 0.25) is 0 Å². The number of benzene rings is 4. The summed E-state index contributed by atoms with van der Waals surface area (Å²) in [6.07, 6.45) is 0. The fraction of sp³-hybridized carbons (Fsp3) is 0.0690. The van der Waals surface area contributed by atoms with Gasteiger partial charge in [-0.3, -0.25) is 4.79 Å². The minimum Gasteiger partial charge on any atom is -0.478 e. The van der Waals surface area contributed by atoms with Gasteiger partial charge in [-0.2, -0.15) is 0 Å². The van der Waals surface area contributed by atoms with Crippen molar-refractivity contribution in [2.75, 3.05) is 0 Å². The SMILES string of the molecule is O=C(O)c1ccc(C(=O)N(Cc2ccccc2)Cc2ccc(Oc3ccccc3)cc2)cc1-c1nnn[nH]1. The maximum absolute atomic E-state index is 13.8. The summed E-state index contributed by atoms with van der Waals surface area (Å²) in [5.74, 6) is 0.193.